The average molecular weight is 265 g/mol. The molecule has 2 N–H and O–H groups in total. The molecule has 0 spiro atoms. The van der Waals surface area contributed by atoms with Gasteiger partial charge in [-0.25, -0.2) is 4.98 Å². The third kappa shape index (κ3) is 1.59. The Morgan fingerprint density at radius 3 is 2.95 bits per heavy atom. The number of rotatable bonds is 1. The molecule has 0 amide bonds. The minimum Gasteiger partial charge on any atom is -0.384 e. The number of benzene rings is 1. The van der Waals surface area contributed by atoms with Crippen LogP contribution in [-0.2, 0) is 5.41 Å². The van der Waals surface area contributed by atoms with E-state index in [9.17, 15) is 0 Å². The first kappa shape index (κ1) is 11.4. The largest absolute Gasteiger partial charge is 0.384 e. The van der Waals surface area contributed by atoms with Gasteiger partial charge in [-0.3, -0.25) is 0 Å². The number of aromatic amines is 1. The van der Waals surface area contributed by atoms with Crippen LogP contribution >= 0.6 is 0 Å². The van der Waals surface area contributed by atoms with Crippen molar-refractivity contribution in [1.29, 1.82) is 0 Å². The Morgan fingerprint density at radius 1 is 1.25 bits per heavy atom. The second-order valence-corrected chi connectivity index (χ2v) is 5.85. The zero-order valence-electron chi connectivity index (χ0n) is 11.4. The molecule has 100 valence electrons. The van der Waals surface area contributed by atoms with Gasteiger partial charge in [0, 0.05) is 23.8 Å². The zero-order valence-corrected chi connectivity index (χ0v) is 11.4. The lowest BCUT2D eigenvalue weighted by Crippen LogP contribution is -2.18. The van der Waals surface area contributed by atoms with Gasteiger partial charge in [-0.1, -0.05) is 13.8 Å². The fourth-order valence-electron chi connectivity index (χ4n) is 2.72. The van der Waals surface area contributed by atoms with Gasteiger partial charge in [0.25, 0.3) is 0 Å². The summed E-state index contributed by atoms with van der Waals surface area (Å²) in [6.45, 7) is 5.46. The van der Waals surface area contributed by atoms with Crippen molar-refractivity contribution in [2.24, 2.45) is 0 Å². The molecule has 0 atom stereocenters. The minimum absolute atomic E-state index is 0.154. The van der Waals surface area contributed by atoms with Crippen LogP contribution in [0, 0.1) is 0 Å². The Labute approximate surface area is 116 Å². The Bertz CT molecular complexity index is 789. The van der Waals surface area contributed by atoms with Gasteiger partial charge in [0.05, 0.1) is 11.0 Å². The summed E-state index contributed by atoms with van der Waals surface area (Å²) in [6.07, 6.45) is 1.66. The summed E-state index contributed by atoms with van der Waals surface area (Å²) in [5.41, 5.74) is 5.42. The molecule has 0 unspecified atom stereocenters. The summed E-state index contributed by atoms with van der Waals surface area (Å²) in [4.78, 5) is 7.95. The lowest BCUT2D eigenvalue weighted by molar-refractivity contribution is 0.586. The molecule has 1 aliphatic heterocycles. The Kier molecular flexibility index (Phi) is 2.16. The van der Waals surface area contributed by atoms with Crippen LogP contribution in [0.15, 0.2) is 30.5 Å². The van der Waals surface area contributed by atoms with Gasteiger partial charge in [-0.2, -0.15) is 5.10 Å². The zero-order chi connectivity index (χ0) is 13.7. The first-order valence-corrected chi connectivity index (χ1v) is 6.70. The topological polar surface area (TPSA) is 66.5 Å². The third-order valence-electron chi connectivity index (χ3n) is 3.89. The first-order valence-electron chi connectivity index (χ1n) is 6.70. The molecular formula is C15H15N5. The van der Waals surface area contributed by atoms with E-state index in [2.05, 4.69) is 51.5 Å². The molecule has 0 radical (unpaired) electrons. The maximum absolute atomic E-state index is 4.61. The van der Waals surface area contributed by atoms with E-state index in [4.69, 9.17) is 0 Å². The fourth-order valence-corrected chi connectivity index (χ4v) is 2.72. The van der Waals surface area contributed by atoms with E-state index in [0.29, 0.717) is 0 Å². The number of anilines is 1. The summed E-state index contributed by atoms with van der Waals surface area (Å²) in [5.74, 6) is 0.759. The highest BCUT2D eigenvalue weighted by atomic mass is 15.1. The van der Waals surface area contributed by atoms with Crippen LogP contribution in [0.2, 0.25) is 0 Å². The van der Waals surface area contributed by atoms with Crippen molar-refractivity contribution in [3.05, 3.63) is 36.0 Å². The van der Waals surface area contributed by atoms with Gasteiger partial charge < -0.3 is 10.3 Å². The standard InChI is InChI=1S/C15H15N5/c1-15(2)8-16-11-7-13-12(6-9(11)15)18-14(19-13)10-4-3-5-17-20-10/h3-7,16H,8H2,1-2H3,(H,18,19). The van der Waals surface area contributed by atoms with Crippen molar-refractivity contribution in [2.45, 2.75) is 19.3 Å². The number of hydrogen-bond donors (Lipinski definition) is 2. The van der Waals surface area contributed by atoms with E-state index in [1.54, 1.807) is 6.20 Å². The quantitative estimate of drug-likeness (QED) is 0.710. The fraction of sp³-hybridized carbons (Fsp3) is 0.267. The van der Waals surface area contributed by atoms with Gasteiger partial charge in [-0.15, -0.1) is 5.10 Å². The smallest absolute Gasteiger partial charge is 0.159 e. The van der Waals surface area contributed by atoms with Crippen LogP contribution in [0.1, 0.15) is 19.4 Å². The molecule has 0 fully saturated rings. The van der Waals surface area contributed by atoms with Crippen molar-refractivity contribution in [3.8, 4) is 11.5 Å². The van der Waals surface area contributed by atoms with Gasteiger partial charge >= 0.3 is 0 Å². The van der Waals surface area contributed by atoms with E-state index < -0.39 is 0 Å². The Hall–Kier alpha value is -2.43. The predicted molar refractivity (Wildman–Crippen MR) is 78.6 cm³/mol. The summed E-state index contributed by atoms with van der Waals surface area (Å²) >= 11 is 0. The van der Waals surface area contributed by atoms with Gasteiger partial charge in [0.15, 0.2) is 5.82 Å². The van der Waals surface area contributed by atoms with Crippen molar-refractivity contribution in [2.75, 3.05) is 11.9 Å². The molecule has 2 aromatic heterocycles. The van der Waals surface area contributed by atoms with Crippen LogP contribution in [0.5, 0.6) is 0 Å². The predicted octanol–water partition coefficient (Wildman–Crippen LogP) is 2.72. The van der Waals surface area contributed by atoms with Gasteiger partial charge in [0.2, 0.25) is 0 Å². The maximum Gasteiger partial charge on any atom is 0.159 e. The lowest BCUT2D eigenvalue weighted by Gasteiger charge is -2.16. The number of imidazole rings is 1. The maximum atomic E-state index is 4.61. The molecule has 0 aliphatic carbocycles. The van der Waals surface area contributed by atoms with Gasteiger partial charge in [-0.05, 0) is 29.8 Å². The molecular weight excluding hydrogens is 250 g/mol. The number of H-pyrrole nitrogens is 1. The van der Waals surface area contributed by atoms with Crippen LogP contribution in [0.4, 0.5) is 5.69 Å². The molecule has 0 saturated carbocycles. The minimum atomic E-state index is 0.154. The molecule has 5 nitrogen and oxygen atoms in total. The van der Waals surface area contributed by atoms with Crippen LogP contribution in [-0.4, -0.2) is 26.7 Å². The highest BCUT2D eigenvalue weighted by molar-refractivity contribution is 5.85. The van der Waals surface area contributed by atoms with Crippen LogP contribution < -0.4 is 5.32 Å². The van der Waals surface area contributed by atoms with E-state index in [1.807, 2.05) is 12.1 Å². The number of nitrogens with zero attached hydrogens (tertiary/aromatic N) is 3. The highest BCUT2D eigenvalue weighted by Gasteiger charge is 2.30. The molecule has 1 aliphatic rings. The highest BCUT2D eigenvalue weighted by Crippen LogP contribution is 2.38. The summed E-state index contributed by atoms with van der Waals surface area (Å²) in [7, 11) is 0. The average Bonchev–Trinajstić information content (AvgIpc) is 2.99. The monoisotopic (exact) mass is 265 g/mol. The summed E-state index contributed by atoms with van der Waals surface area (Å²) in [5, 5.41) is 11.4. The number of aromatic nitrogens is 4. The Morgan fingerprint density at radius 2 is 2.15 bits per heavy atom. The van der Waals surface area contributed by atoms with E-state index >= 15 is 0 Å². The number of nitrogens with one attached hydrogen (secondary N) is 2. The van der Waals surface area contributed by atoms with Crippen molar-refractivity contribution in [1.82, 2.24) is 20.2 Å². The van der Waals surface area contributed by atoms with E-state index in [0.717, 1.165) is 29.1 Å². The SMILES string of the molecule is CC1(C)CNc2cc3nc(-c4cccnn4)[nH]c3cc21. The summed E-state index contributed by atoms with van der Waals surface area (Å²) in [6, 6.07) is 8.06. The third-order valence-corrected chi connectivity index (χ3v) is 3.89. The first-order chi connectivity index (χ1) is 9.63. The molecule has 0 bridgehead atoms. The summed E-state index contributed by atoms with van der Waals surface area (Å²) < 4.78 is 0. The Balaban J connectivity index is 1.90. The number of hydrogen-bond acceptors (Lipinski definition) is 4. The molecule has 0 saturated heterocycles. The second-order valence-electron chi connectivity index (χ2n) is 5.85. The van der Waals surface area contributed by atoms with Crippen LogP contribution in [0.3, 0.4) is 0 Å². The van der Waals surface area contributed by atoms with Crippen molar-refractivity contribution in [3.63, 3.8) is 0 Å². The van der Waals surface area contributed by atoms with Crippen molar-refractivity contribution < 1.29 is 0 Å². The molecule has 5 heteroatoms. The van der Waals surface area contributed by atoms with E-state index in [-0.39, 0.29) is 5.41 Å². The number of fused-ring (bicyclic) bond motifs is 2. The molecule has 4 rings (SSSR count). The molecule has 3 aromatic rings. The van der Waals surface area contributed by atoms with Crippen LogP contribution in [0.25, 0.3) is 22.6 Å². The molecule has 1 aromatic carbocycles. The van der Waals surface area contributed by atoms with Gasteiger partial charge in [0.1, 0.15) is 5.69 Å². The van der Waals surface area contributed by atoms with Crippen molar-refractivity contribution >= 4 is 16.7 Å². The normalized spacial score (nSPS) is 16.1. The lowest BCUT2D eigenvalue weighted by atomic mass is 9.87. The molecule has 3 heterocycles. The molecule has 20 heavy (non-hydrogen) atoms. The second kappa shape index (κ2) is 3.79. The van der Waals surface area contributed by atoms with E-state index in [1.165, 1.54) is 11.3 Å².